The SMILES string of the molecule is COc1ccc2[nH]cc(CC(N)C(C)(C)C)c2c1. The summed E-state index contributed by atoms with van der Waals surface area (Å²) in [7, 11) is 1.69. The van der Waals surface area contributed by atoms with Crippen LogP contribution in [0.15, 0.2) is 24.4 Å². The fourth-order valence-electron chi connectivity index (χ4n) is 2.00. The smallest absolute Gasteiger partial charge is 0.119 e. The molecule has 3 nitrogen and oxygen atoms in total. The van der Waals surface area contributed by atoms with Gasteiger partial charge in [-0.1, -0.05) is 20.8 Å². The van der Waals surface area contributed by atoms with E-state index in [0.717, 1.165) is 17.7 Å². The molecule has 3 heteroatoms. The first-order valence-electron chi connectivity index (χ1n) is 6.31. The molecule has 0 saturated heterocycles. The average molecular weight is 246 g/mol. The minimum Gasteiger partial charge on any atom is -0.497 e. The number of nitrogens with one attached hydrogen (secondary N) is 1. The summed E-state index contributed by atoms with van der Waals surface area (Å²) in [6.45, 7) is 6.52. The molecule has 2 aromatic rings. The van der Waals surface area contributed by atoms with Gasteiger partial charge in [0.25, 0.3) is 0 Å². The van der Waals surface area contributed by atoms with E-state index in [1.54, 1.807) is 7.11 Å². The van der Waals surface area contributed by atoms with Crippen molar-refractivity contribution in [1.82, 2.24) is 4.98 Å². The van der Waals surface area contributed by atoms with Crippen molar-refractivity contribution < 1.29 is 4.74 Å². The van der Waals surface area contributed by atoms with Gasteiger partial charge in [-0.25, -0.2) is 0 Å². The summed E-state index contributed by atoms with van der Waals surface area (Å²) in [5.41, 5.74) is 8.76. The highest BCUT2D eigenvalue weighted by Gasteiger charge is 2.21. The Morgan fingerprint density at radius 1 is 1.33 bits per heavy atom. The van der Waals surface area contributed by atoms with E-state index >= 15 is 0 Å². The maximum Gasteiger partial charge on any atom is 0.119 e. The highest BCUT2D eigenvalue weighted by atomic mass is 16.5. The van der Waals surface area contributed by atoms with E-state index in [2.05, 4.69) is 38.0 Å². The van der Waals surface area contributed by atoms with Crippen molar-refractivity contribution in [3.05, 3.63) is 30.0 Å². The van der Waals surface area contributed by atoms with E-state index in [-0.39, 0.29) is 11.5 Å². The molecule has 0 aliphatic heterocycles. The van der Waals surface area contributed by atoms with Crippen molar-refractivity contribution in [3.63, 3.8) is 0 Å². The quantitative estimate of drug-likeness (QED) is 0.874. The van der Waals surface area contributed by atoms with Gasteiger partial charge in [0, 0.05) is 23.1 Å². The molecule has 0 spiro atoms. The maximum absolute atomic E-state index is 6.26. The third-order valence-electron chi connectivity index (χ3n) is 3.53. The number of H-pyrrole nitrogens is 1. The number of rotatable bonds is 3. The van der Waals surface area contributed by atoms with Crippen LogP contribution in [0.5, 0.6) is 5.75 Å². The standard InChI is InChI=1S/C15H22N2O/c1-15(2,3)14(16)7-10-9-17-13-6-5-11(18-4)8-12(10)13/h5-6,8-9,14,17H,7,16H2,1-4H3. The largest absolute Gasteiger partial charge is 0.497 e. The minimum absolute atomic E-state index is 0.114. The molecule has 18 heavy (non-hydrogen) atoms. The first-order chi connectivity index (χ1) is 8.41. The molecule has 0 bridgehead atoms. The van der Waals surface area contributed by atoms with Gasteiger partial charge in [-0.3, -0.25) is 0 Å². The lowest BCUT2D eigenvalue weighted by molar-refractivity contribution is 0.319. The van der Waals surface area contributed by atoms with Gasteiger partial charge in [-0.05, 0) is 35.6 Å². The number of fused-ring (bicyclic) bond motifs is 1. The zero-order valence-corrected chi connectivity index (χ0v) is 11.6. The molecule has 1 aromatic carbocycles. The van der Waals surface area contributed by atoms with E-state index < -0.39 is 0 Å². The van der Waals surface area contributed by atoms with Gasteiger partial charge in [-0.15, -0.1) is 0 Å². The number of hydrogen-bond donors (Lipinski definition) is 2. The second-order valence-electron chi connectivity index (χ2n) is 5.90. The second kappa shape index (κ2) is 4.65. The van der Waals surface area contributed by atoms with Crippen molar-refractivity contribution >= 4 is 10.9 Å². The van der Waals surface area contributed by atoms with Crippen LogP contribution in [0, 0.1) is 5.41 Å². The van der Waals surface area contributed by atoms with Gasteiger partial charge in [0.2, 0.25) is 0 Å². The van der Waals surface area contributed by atoms with E-state index in [9.17, 15) is 0 Å². The van der Waals surface area contributed by atoms with Crippen LogP contribution in [0.2, 0.25) is 0 Å². The molecule has 1 atom stereocenters. The lowest BCUT2D eigenvalue weighted by Crippen LogP contribution is -2.36. The number of methoxy groups -OCH3 is 1. The number of hydrogen-bond acceptors (Lipinski definition) is 2. The van der Waals surface area contributed by atoms with Crippen LogP contribution in [0.4, 0.5) is 0 Å². The zero-order valence-electron chi connectivity index (χ0n) is 11.6. The van der Waals surface area contributed by atoms with Crippen LogP contribution in [-0.4, -0.2) is 18.1 Å². The molecular formula is C15H22N2O. The summed E-state index contributed by atoms with van der Waals surface area (Å²) < 4.78 is 5.27. The van der Waals surface area contributed by atoms with Gasteiger partial charge >= 0.3 is 0 Å². The monoisotopic (exact) mass is 246 g/mol. The van der Waals surface area contributed by atoms with Crippen molar-refractivity contribution in [1.29, 1.82) is 0 Å². The average Bonchev–Trinajstić information content (AvgIpc) is 2.70. The molecule has 1 aromatic heterocycles. The summed E-state index contributed by atoms with van der Waals surface area (Å²) >= 11 is 0. The summed E-state index contributed by atoms with van der Waals surface area (Å²) in [6, 6.07) is 6.21. The number of aromatic amines is 1. The Hall–Kier alpha value is -1.48. The summed E-state index contributed by atoms with van der Waals surface area (Å²) in [4.78, 5) is 3.29. The van der Waals surface area contributed by atoms with Crippen LogP contribution in [-0.2, 0) is 6.42 Å². The van der Waals surface area contributed by atoms with E-state index in [1.807, 2.05) is 12.1 Å². The van der Waals surface area contributed by atoms with Gasteiger partial charge < -0.3 is 15.5 Å². The second-order valence-corrected chi connectivity index (χ2v) is 5.90. The molecule has 98 valence electrons. The van der Waals surface area contributed by atoms with Crippen LogP contribution >= 0.6 is 0 Å². The highest BCUT2D eigenvalue weighted by Crippen LogP contribution is 2.27. The van der Waals surface area contributed by atoms with E-state index in [1.165, 1.54) is 10.9 Å². The minimum atomic E-state index is 0.114. The molecule has 3 N–H and O–H groups in total. The van der Waals surface area contributed by atoms with Crippen LogP contribution in [0.25, 0.3) is 10.9 Å². The van der Waals surface area contributed by atoms with Crippen LogP contribution in [0.3, 0.4) is 0 Å². The first-order valence-corrected chi connectivity index (χ1v) is 6.31. The first kappa shape index (κ1) is 13.0. The Morgan fingerprint density at radius 2 is 2.06 bits per heavy atom. The Kier molecular flexibility index (Phi) is 3.35. The van der Waals surface area contributed by atoms with Crippen molar-refractivity contribution in [2.24, 2.45) is 11.1 Å². The fourth-order valence-corrected chi connectivity index (χ4v) is 2.00. The van der Waals surface area contributed by atoms with E-state index in [0.29, 0.717) is 0 Å². The lowest BCUT2D eigenvalue weighted by atomic mass is 9.84. The predicted octanol–water partition coefficient (Wildman–Crippen LogP) is 3.09. The Labute approximate surface area is 108 Å². The normalized spacial score (nSPS) is 13.8. The van der Waals surface area contributed by atoms with Crippen molar-refractivity contribution in [3.8, 4) is 5.75 Å². The molecule has 0 amide bonds. The molecule has 0 radical (unpaired) electrons. The molecule has 0 aliphatic carbocycles. The third kappa shape index (κ3) is 2.51. The van der Waals surface area contributed by atoms with Crippen LogP contribution in [0.1, 0.15) is 26.3 Å². The fraction of sp³-hybridized carbons (Fsp3) is 0.467. The number of aromatic nitrogens is 1. The molecule has 0 fully saturated rings. The lowest BCUT2D eigenvalue weighted by Gasteiger charge is -2.26. The van der Waals surface area contributed by atoms with Gasteiger partial charge in [0.05, 0.1) is 7.11 Å². The Bertz CT molecular complexity index is 537. The number of benzene rings is 1. The summed E-state index contributed by atoms with van der Waals surface area (Å²) in [5, 5.41) is 1.20. The van der Waals surface area contributed by atoms with Crippen LogP contribution < -0.4 is 10.5 Å². The Balaban J connectivity index is 2.34. The molecular weight excluding hydrogens is 224 g/mol. The summed E-state index contributed by atoms with van der Waals surface area (Å²) in [6.07, 6.45) is 2.92. The van der Waals surface area contributed by atoms with Gasteiger partial charge in [0.1, 0.15) is 5.75 Å². The number of nitrogens with two attached hydrogens (primary N) is 1. The third-order valence-corrected chi connectivity index (χ3v) is 3.53. The summed E-state index contributed by atoms with van der Waals surface area (Å²) in [5.74, 6) is 0.882. The maximum atomic E-state index is 6.26. The molecule has 2 rings (SSSR count). The highest BCUT2D eigenvalue weighted by molar-refractivity contribution is 5.84. The van der Waals surface area contributed by atoms with Gasteiger partial charge in [-0.2, -0.15) is 0 Å². The number of ether oxygens (including phenoxy) is 1. The molecule has 1 unspecified atom stereocenters. The molecule has 1 heterocycles. The Morgan fingerprint density at radius 3 is 2.67 bits per heavy atom. The molecule has 0 aliphatic rings. The topological polar surface area (TPSA) is 51.0 Å². The van der Waals surface area contributed by atoms with E-state index in [4.69, 9.17) is 10.5 Å². The van der Waals surface area contributed by atoms with Crippen molar-refractivity contribution in [2.45, 2.75) is 33.2 Å². The zero-order chi connectivity index (χ0) is 13.3. The predicted molar refractivity (Wildman–Crippen MR) is 76.0 cm³/mol. The van der Waals surface area contributed by atoms with Gasteiger partial charge in [0.15, 0.2) is 0 Å². The van der Waals surface area contributed by atoms with Crippen molar-refractivity contribution in [2.75, 3.05) is 7.11 Å². The molecule has 0 saturated carbocycles.